The molecule has 5 heteroatoms. The highest BCUT2D eigenvalue weighted by molar-refractivity contribution is 5.84. The first-order valence-corrected chi connectivity index (χ1v) is 3.46. The average molecular weight is 168 g/mol. The van der Waals surface area contributed by atoms with Gasteiger partial charge in [0.25, 0.3) is 5.89 Å². The summed E-state index contributed by atoms with van der Waals surface area (Å²) in [6, 6.07) is 0. The van der Waals surface area contributed by atoms with Gasteiger partial charge < -0.3 is 9.63 Å². The Bertz CT molecular complexity index is 303. The lowest BCUT2D eigenvalue weighted by molar-refractivity contribution is -0.131. The van der Waals surface area contributed by atoms with Crippen LogP contribution in [-0.2, 0) is 11.2 Å². The molecule has 0 saturated heterocycles. The van der Waals surface area contributed by atoms with E-state index < -0.39 is 5.97 Å². The number of hydrogen-bond acceptors (Lipinski definition) is 4. The van der Waals surface area contributed by atoms with Crippen molar-refractivity contribution in [3.8, 4) is 0 Å². The molecule has 0 saturated carbocycles. The standard InChI is InChI=1S/C7H8N2O3/c1-2-5-8-6(12-9-5)3-4-7(10)11/h3-4H,2H2,1H3,(H,10,11). The second kappa shape index (κ2) is 3.66. The van der Waals surface area contributed by atoms with E-state index in [9.17, 15) is 4.79 Å². The van der Waals surface area contributed by atoms with Crippen LogP contribution in [0.4, 0.5) is 0 Å². The van der Waals surface area contributed by atoms with Crippen molar-refractivity contribution in [1.82, 2.24) is 10.1 Å². The van der Waals surface area contributed by atoms with E-state index in [1.54, 1.807) is 0 Å². The second-order valence-corrected chi connectivity index (χ2v) is 2.07. The zero-order chi connectivity index (χ0) is 8.97. The number of carbonyl (C=O) groups is 1. The number of carboxylic acid groups (broad SMARTS) is 1. The normalized spacial score (nSPS) is 10.8. The molecular formula is C7H8N2O3. The number of aryl methyl sites for hydroxylation is 1. The minimum absolute atomic E-state index is 0.217. The van der Waals surface area contributed by atoms with Crippen LogP contribution in [0.5, 0.6) is 0 Å². The molecule has 0 aliphatic heterocycles. The smallest absolute Gasteiger partial charge is 0.328 e. The molecule has 1 N–H and O–H groups in total. The van der Waals surface area contributed by atoms with Crippen molar-refractivity contribution in [3.05, 3.63) is 17.8 Å². The summed E-state index contributed by atoms with van der Waals surface area (Å²) in [4.78, 5) is 13.9. The Hall–Kier alpha value is -1.65. The van der Waals surface area contributed by atoms with Crippen LogP contribution < -0.4 is 0 Å². The molecule has 0 aliphatic rings. The van der Waals surface area contributed by atoms with Gasteiger partial charge in [-0.2, -0.15) is 4.98 Å². The van der Waals surface area contributed by atoms with E-state index in [4.69, 9.17) is 9.63 Å². The number of aliphatic carboxylic acids is 1. The maximum atomic E-state index is 10.1. The van der Waals surface area contributed by atoms with E-state index in [1.165, 1.54) is 6.08 Å². The molecule has 0 radical (unpaired) electrons. The van der Waals surface area contributed by atoms with Gasteiger partial charge in [0, 0.05) is 18.6 Å². The zero-order valence-corrected chi connectivity index (χ0v) is 6.52. The fraction of sp³-hybridized carbons (Fsp3) is 0.286. The van der Waals surface area contributed by atoms with Gasteiger partial charge in [-0.05, 0) is 0 Å². The molecule has 64 valence electrons. The molecule has 0 amide bonds. The Morgan fingerprint density at radius 2 is 2.50 bits per heavy atom. The lowest BCUT2D eigenvalue weighted by Crippen LogP contribution is -1.86. The molecule has 0 bridgehead atoms. The van der Waals surface area contributed by atoms with Crippen LogP contribution in [0.3, 0.4) is 0 Å². The molecule has 0 aromatic carbocycles. The highest BCUT2D eigenvalue weighted by atomic mass is 16.5. The molecule has 0 aliphatic carbocycles. The van der Waals surface area contributed by atoms with Gasteiger partial charge >= 0.3 is 5.97 Å². The average Bonchev–Trinajstić information content (AvgIpc) is 2.48. The third-order valence-electron chi connectivity index (χ3n) is 1.17. The third-order valence-corrected chi connectivity index (χ3v) is 1.17. The highest BCUT2D eigenvalue weighted by Gasteiger charge is 1.99. The molecule has 0 atom stereocenters. The predicted octanol–water partition coefficient (Wildman–Crippen LogP) is 0.730. The zero-order valence-electron chi connectivity index (χ0n) is 6.52. The number of aromatic nitrogens is 2. The topological polar surface area (TPSA) is 76.2 Å². The Balaban J connectivity index is 2.70. The van der Waals surface area contributed by atoms with Crippen LogP contribution in [0.2, 0.25) is 0 Å². The van der Waals surface area contributed by atoms with Crippen molar-refractivity contribution >= 4 is 12.0 Å². The Labute approximate surface area is 68.7 Å². The first-order chi connectivity index (χ1) is 5.72. The first kappa shape index (κ1) is 8.45. The molecule has 0 fully saturated rings. The van der Waals surface area contributed by atoms with Crippen LogP contribution in [0.25, 0.3) is 6.08 Å². The molecule has 1 heterocycles. The van der Waals surface area contributed by atoms with Crippen molar-refractivity contribution in [2.24, 2.45) is 0 Å². The summed E-state index contributed by atoms with van der Waals surface area (Å²) >= 11 is 0. The fourth-order valence-electron chi connectivity index (χ4n) is 0.621. The van der Waals surface area contributed by atoms with Crippen molar-refractivity contribution in [2.75, 3.05) is 0 Å². The van der Waals surface area contributed by atoms with Crippen LogP contribution in [-0.4, -0.2) is 21.2 Å². The number of rotatable bonds is 3. The maximum absolute atomic E-state index is 10.1. The van der Waals surface area contributed by atoms with Gasteiger partial charge in [-0.1, -0.05) is 12.1 Å². The first-order valence-electron chi connectivity index (χ1n) is 3.46. The molecular weight excluding hydrogens is 160 g/mol. The van der Waals surface area contributed by atoms with Gasteiger partial charge in [0.15, 0.2) is 5.82 Å². The van der Waals surface area contributed by atoms with E-state index in [2.05, 4.69) is 10.1 Å². The van der Waals surface area contributed by atoms with E-state index >= 15 is 0 Å². The molecule has 5 nitrogen and oxygen atoms in total. The quantitative estimate of drug-likeness (QED) is 0.673. The molecule has 12 heavy (non-hydrogen) atoms. The van der Waals surface area contributed by atoms with Crippen LogP contribution in [0, 0.1) is 0 Å². The van der Waals surface area contributed by atoms with Crippen molar-refractivity contribution in [1.29, 1.82) is 0 Å². The number of hydrogen-bond donors (Lipinski definition) is 1. The lowest BCUT2D eigenvalue weighted by atomic mass is 10.4. The molecule has 1 rings (SSSR count). The minimum atomic E-state index is -1.04. The number of nitrogens with zero attached hydrogens (tertiary/aromatic N) is 2. The Kier molecular flexibility index (Phi) is 2.57. The monoisotopic (exact) mass is 168 g/mol. The largest absolute Gasteiger partial charge is 0.478 e. The van der Waals surface area contributed by atoms with Crippen LogP contribution in [0.1, 0.15) is 18.6 Å². The van der Waals surface area contributed by atoms with E-state index in [-0.39, 0.29) is 5.89 Å². The Morgan fingerprint density at radius 1 is 1.75 bits per heavy atom. The van der Waals surface area contributed by atoms with Gasteiger partial charge in [-0.3, -0.25) is 0 Å². The molecule has 0 spiro atoms. The van der Waals surface area contributed by atoms with Crippen molar-refractivity contribution in [2.45, 2.75) is 13.3 Å². The minimum Gasteiger partial charge on any atom is -0.478 e. The van der Waals surface area contributed by atoms with Gasteiger partial charge in [0.2, 0.25) is 0 Å². The SMILES string of the molecule is CCc1noc(C=CC(=O)O)n1. The summed E-state index contributed by atoms with van der Waals surface area (Å²) in [6.07, 6.45) is 2.88. The molecule has 1 aromatic heterocycles. The molecule has 0 unspecified atom stereocenters. The number of carboxylic acids is 1. The predicted molar refractivity (Wildman–Crippen MR) is 40.3 cm³/mol. The summed E-state index contributed by atoms with van der Waals surface area (Å²) < 4.78 is 4.69. The van der Waals surface area contributed by atoms with Gasteiger partial charge in [-0.15, -0.1) is 0 Å². The highest BCUT2D eigenvalue weighted by Crippen LogP contribution is 1.99. The lowest BCUT2D eigenvalue weighted by Gasteiger charge is -1.77. The van der Waals surface area contributed by atoms with Crippen LogP contribution in [0.15, 0.2) is 10.6 Å². The Morgan fingerprint density at radius 3 is 3.00 bits per heavy atom. The van der Waals surface area contributed by atoms with E-state index in [1.807, 2.05) is 6.92 Å². The summed E-state index contributed by atoms with van der Waals surface area (Å²) in [5.41, 5.74) is 0. The van der Waals surface area contributed by atoms with Gasteiger partial charge in [-0.25, -0.2) is 4.79 Å². The van der Waals surface area contributed by atoms with Gasteiger partial charge in [0.05, 0.1) is 0 Å². The molecule has 1 aromatic rings. The summed E-state index contributed by atoms with van der Waals surface area (Å²) in [5, 5.41) is 11.8. The summed E-state index contributed by atoms with van der Waals surface area (Å²) in [7, 11) is 0. The third kappa shape index (κ3) is 2.19. The second-order valence-electron chi connectivity index (χ2n) is 2.07. The van der Waals surface area contributed by atoms with Crippen LogP contribution >= 0.6 is 0 Å². The van der Waals surface area contributed by atoms with E-state index in [0.717, 1.165) is 6.08 Å². The van der Waals surface area contributed by atoms with Crippen molar-refractivity contribution < 1.29 is 14.4 Å². The fourth-order valence-corrected chi connectivity index (χ4v) is 0.621. The maximum Gasteiger partial charge on any atom is 0.328 e. The summed E-state index contributed by atoms with van der Waals surface area (Å²) in [6.45, 7) is 1.88. The van der Waals surface area contributed by atoms with Gasteiger partial charge in [0.1, 0.15) is 0 Å². The van der Waals surface area contributed by atoms with Crippen molar-refractivity contribution in [3.63, 3.8) is 0 Å². The van der Waals surface area contributed by atoms with E-state index in [0.29, 0.717) is 12.2 Å². The summed E-state index contributed by atoms with van der Waals surface area (Å²) in [5.74, 6) is -0.250.